The van der Waals surface area contributed by atoms with Crippen LogP contribution in [-0.2, 0) is 9.53 Å². The van der Waals surface area contributed by atoms with E-state index in [1.54, 1.807) is 24.4 Å². The van der Waals surface area contributed by atoms with E-state index in [4.69, 9.17) is 19.6 Å². The highest BCUT2D eigenvalue weighted by Crippen LogP contribution is 2.21. The number of nitrogens with one attached hydrogen (secondary N) is 1. The number of carboxylic acid groups (broad SMARTS) is 1. The van der Waals surface area contributed by atoms with E-state index in [0.717, 1.165) is 44.6 Å². The van der Waals surface area contributed by atoms with Crippen molar-refractivity contribution in [2.75, 3.05) is 61.2 Å². The Morgan fingerprint density at radius 2 is 1.81 bits per heavy atom. The van der Waals surface area contributed by atoms with Gasteiger partial charge in [0.05, 0.1) is 19.4 Å². The van der Waals surface area contributed by atoms with Gasteiger partial charge in [0.15, 0.2) is 6.61 Å². The van der Waals surface area contributed by atoms with Crippen molar-refractivity contribution >= 4 is 30.0 Å². The number of piperidine rings is 1. The Bertz CT molecular complexity index is 907. The predicted molar refractivity (Wildman–Crippen MR) is 120 cm³/mol. The molecule has 2 aromatic rings. The lowest BCUT2D eigenvalue weighted by atomic mass is 10.1. The number of morpholine rings is 1. The molecule has 2 aliphatic heterocycles. The normalized spacial score (nSPS) is 16.9. The minimum absolute atomic E-state index is 0.372. The molecule has 170 valence electrons. The summed E-state index contributed by atoms with van der Waals surface area (Å²) >= 11 is 0. The molecule has 11 nitrogen and oxygen atoms in total. The smallest absolute Gasteiger partial charge is 0.341 e. The molecule has 2 saturated heterocycles. The summed E-state index contributed by atoms with van der Waals surface area (Å²) in [5, 5.41) is 13.0. The Morgan fingerprint density at radius 1 is 1.09 bits per heavy atom. The molecule has 2 N–H and O–H groups in total. The van der Waals surface area contributed by atoms with Crippen LogP contribution in [0.2, 0.25) is 0 Å². The Balaban J connectivity index is 1.49. The van der Waals surface area contributed by atoms with Crippen molar-refractivity contribution in [2.24, 2.45) is 5.10 Å². The highest BCUT2D eigenvalue weighted by atomic mass is 16.5. The summed E-state index contributed by atoms with van der Waals surface area (Å²) in [6, 6.07) is 7.01. The van der Waals surface area contributed by atoms with Crippen molar-refractivity contribution in [1.82, 2.24) is 15.0 Å². The molecule has 32 heavy (non-hydrogen) atoms. The van der Waals surface area contributed by atoms with Crippen molar-refractivity contribution in [2.45, 2.75) is 19.3 Å². The van der Waals surface area contributed by atoms with Gasteiger partial charge in [0.2, 0.25) is 17.8 Å². The molecule has 3 heterocycles. The number of benzene rings is 1. The third-order valence-electron chi connectivity index (χ3n) is 5.14. The number of hydrogen-bond donors (Lipinski definition) is 2. The Morgan fingerprint density at radius 3 is 2.53 bits per heavy atom. The van der Waals surface area contributed by atoms with Crippen molar-refractivity contribution in [3.63, 3.8) is 0 Å². The zero-order chi connectivity index (χ0) is 22.2. The molecule has 1 aromatic heterocycles. The summed E-state index contributed by atoms with van der Waals surface area (Å²) in [5.41, 5.74) is 3.66. The van der Waals surface area contributed by atoms with Gasteiger partial charge in [-0.3, -0.25) is 0 Å². The molecule has 1 aromatic carbocycles. The predicted octanol–water partition coefficient (Wildman–Crippen LogP) is 1.61. The first-order valence-corrected chi connectivity index (χ1v) is 10.7. The van der Waals surface area contributed by atoms with E-state index in [2.05, 4.69) is 30.3 Å². The first kappa shape index (κ1) is 21.8. The second-order valence-corrected chi connectivity index (χ2v) is 7.53. The lowest BCUT2D eigenvalue weighted by Gasteiger charge is -2.30. The number of hydrogen-bond acceptors (Lipinski definition) is 10. The summed E-state index contributed by atoms with van der Waals surface area (Å²) in [5.74, 6) is 1.07. The fourth-order valence-electron chi connectivity index (χ4n) is 3.54. The zero-order valence-corrected chi connectivity index (χ0v) is 17.8. The van der Waals surface area contributed by atoms with Crippen molar-refractivity contribution in [1.29, 1.82) is 0 Å². The summed E-state index contributed by atoms with van der Waals surface area (Å²) in [7, 11) is 0. The Labute approximate surface area is 186 Å². The van der Waals surface area contributed by atoms with Crippen LogP contribution < -0.4 is 20.0 Å². The molecular weight excluding hydrogens is 414 g/mol. The first-order chi connectivity index (χ1) is 15.7. The van der Waals surface area contributed by atoms with Crippen LogP contribution in [0.15, 0.2) is 29.4 Å². The van der Waals surface area contributed by atoms with Gasteiger partial charge in [-0.1, -0.05) is 12.1 Å². The number of carboxylic acids is 1. The van der Waals surface area contributed by atoms with Gasteiger partial charge in [-0.25, -0.2) is 10.2 Å². The van der Waals surface area contributed by atoms with Gasteiger partial charge in [-0.2, -0.15) is 20.1 Å². The molecule has 2 aliphatic rings. The van der Waals surface area contributed by atoms with Crippen LogP contribution in [0.3, 0.4) is 0 Å². The van der Waals surface area contributed by atoms with Crippen LogP contribution in [0.25, 0.3) is 0 Å². The summed E-state index contributed by atoms with van der Waals surface area (Å²) < 4.78 is 10.6. The number of anilines is 3. The van der Waals surface area contributed by atoms with Crippen LogP contribution in [-0.4, -0.2) is 78.2 Å². The van der Waals surface area contributed by atoms with Gasteiger partial charge in [-0.05, 0) is 37.0 Å². The van der Waals surface area contributed by atoms with Crippen LogP contribution in [0.1, 0.15) is 24.8 Å². The monoisotopic (exact) mass is 441 g/mol. The quantitative estimate of drug-likeness (QED) is 0.461. The minimum Gasteiger partial charge on any atom is -0.482 e. The van der Waals surface area contributed by atoms with Gasteiger partial charge in [0.25, 0.3) is 0 Å². The number of rotatable bonds is 8. The molecule has 0 amide bonds. The highest BCUT2D eigenvalue weighted by molar-refractivity contribution is 5.80. The third kappa shape index (κ3) is 6.03. The summed E-state index contributed by atoms with van der Waals surface area (Å²) in [4.78, 5) is 28.8. The van der Waals surface area contributed by atoms with Crippen molar-refractivity contribution in [3.05, 3.63) is 29.8 Å². The number of aliphatic carboxylic acids is 1. The molecule has 0 saturated carbocycles. The average Bonchev–Trinajstić information content (AvgIpc) is 2.84. The van der Waals surface area contributed by atoms with Gasteiger partial charge < -0.3 is 24.4 Å². The minimum atomic E-state index is -1.03. The van der Waals surface area contributed by atoms with E-state index >= 15 is 0 Å². The molecule has 0 aliphatic carbocycles. The molecular formula is C21H27N7O4. The molecule has 11 heteroatoms. The number of hydrazone groups is 1. The number of carbonyl (C=O) groups is 1. The molecule has 2 fully saturated rings. The average molecular weight is 441 g/mol. The topological polar surface area (TPSA) is 125 Å². The van der Waals surface area contributed by atoms with Crippen LogP contribution in [0.4, 0.5) is 17.8 Å². The van der Waals surface area contributed by atoms with E-state index in [1.165, 1.54) is 6.42 Å². The van der Waals surface area contributed by atoms with E-state index in [1.807, 2.05) is 6.07 Å². The van der Waals surface area contributed by atoms with Crippen LogP contribution in [0, 0.1) is 0 Å². The molecule has 0 spiro atoms. The highest BCUT2D eigenvalue weighted by Gasteiger charge is 2.20. The fourth-order valence-corrected chi connectivity index (χ4v) is 3.54. The second-order valence-electron chi connectivity index (χ2n) is 7.53. The van der Waals surface area contributed by atoms with Crippen molar-refractivity contribution < 1.29 is 19.4 Å². The third-order valence-corrected chi connectivity index (χ3v) is 5.14. The van der Waals surface area contributed by atoms with E-state index in [-0.39, 0.29) is 0 Å². The molecule has 0 atom stereocenters. The lowest BCUT2D eigenvalue weighted by molar-refractivity contribution is -0.139. The van der Waals surface area contributed by atoms with Crippen LogP contribution in [0.5, 0.6) is 5.75 Å². The van der Waals surface area contributed by atoms with E-state index in [9.17, 15) is 4.79 Å². The van der Waals surface area contributed by atoms with Gasteiger partial charge in [0.1, 0.15) is 5.75 Å². The maximum atomic E-state index is 10.7. The molecule has 0 unspecified atom stereocenters. The number of ether oxygens (including phenoxy) is 2. The van der Waals surface area contributed by atoms with Gasteiger partial charge in [0, 0.05) is 26.2 Å². The molecule has 0 bridgehead atoms. The molecule has 4 rings (SSSR count). The maximum Gasteiger partial charge on any atom is 0.341 e. The van der Waals surface area contributed by atoms with Crippen molar-refractivity contribution in [3.8, 4) is 5.75 Å². The maximum absolute atomic E-state index is 10.7. The zero-order valence-electron chi connectivity index (χ0n) is 17.8. The van der Waals surface area contributed by atoms with Gasteiger partial charge in [-0.15, -0.1) is 0 Å². The first-order valence-electron chi connectivity index (χ1n) is 10.7. The van der Waals surface area contributed by atoms with Gasteiger partial charge >= 0.3 is 5.97 Å². The van der Waals surface area contributed by atoms with Crippen LogP contribution >= 0.6 is 0 Å². The van der Waals surface area contributed by atoms with E-state index < -0.39 is 12.6 Å². The SMILES string of the molecule is O=C(O)COc1cccc(C=NNc2nc(N3CCCCC3)nc(N3CCOCC3)n2)c1. The Hall–Kier alpha value is -3.47. The lowest BCUT2D eigenvalue weighted by Crippen LogP contribution is -2.38. The number of aromatic nitrogens is 3. The fraction of sp³-hybridized carbons (Fsp3) is 0.476. The Kier molecular flexibility index (Phi) is 7.28. The summed E-state index contributed by atoms with van der Waals surface area (Å²) in [6.07, 6.45) is 5.08. The number of nitrogens with zero attached hydrogens (tertiary/aromatic N) is 6. The second kappa shape index (κ2) is 10.7. The van der Waals surface area contributed by atoms with E-state index in [0.29, 0.717) is 36.8 Å². The largest absolute Gasteiger partial charge is 0.482 e. The standard InChI is InChI=1S/C21H27N7O4/c29-18(30)15-32-17-6-4-5-16(13-17)14-22-26-19-23-20(27-7-2-1-3-8-27)25-21(24-19)28-9-11-31-12-10-28/h4-6,13-14H,1-3,7-12,15H2,(H,29,30)(H,23,24,25,26). The summed E-state index contributed by atoms with van der Waals surface area (Å²) in [6.45, 7) is 4.21. The molecule has 0 radical (unpaired) electrons.